The summed E-state index contributed by atoms with van der Waals surface area (Å²) in [6.45, 7) is 5.70. The van der Waals surface area contributed by atoms with Gasteiger partial charge in [0, 0.05) is 30.7 Å². The number of hydrogen-bond donors (Lipinski definition) is 1. The third kappa shape index (κ3) is 3.70. The van der Waals surface area contributed by atoms with Gasteiger partial charge in [-0.25, -0.2) is 9.97 Å². The zero-order chi connectivity index (χ0) is 14.5. The zero-order valence-corrected chi connectivity index (χ0v) is 12.8. The van der Waals surface area contributed by atoms with Gasteiger partial charge in [0.2, 0.25) is 5.95 Å². The van der Waals surface area contributed by atoms with Crippen LogP contribution >= 0.6 is 0 Å². The minimum absolute atomic E-state index is 0.736. The van der Waals surface area contributed by atoms with Gasteiger partial charge in [-0.2, -0.15) is 0 Å². The summed E-state index contributed by atoms with van der Waals surface area (Å²) in [5.41, 5.74) is 1.000. The molecule has 1 aromatic carbocycles. The van der Waals surface area contributed by atoms with Crippen molar-refractivity contribution in [2.75, 3.05) is 25.0 Å². The van der Waals surface area contributed by atoms with Crippen molar-refractivity contribution in [1.29, 1.82) is 0 Å². The minimum Gasteiger partial charge on any atom is -0.354 e. The molecule has 1 aliphatic rings. The van der Waals surface area contributed by atoms with Gasteiger partial charge in [-0.15, -0.1) is 0 Å². The van der Waals surface area contributed by atoms with Gasteiger partial charge >= 0.3 is 0 Å². The van der Waals surface area contributed by atoms with Crippen LogP contribution in [0.3, 0.4) is 0 Å². The number of nitrogens with one attached hydrogen (secondary N) is 1. The van der Waals surface area contributed by atoms with E-state index in [1.807, 2.05) is 30.5 Å². The van der Waals surface area contributed by atoms with Crippen LogP contribution < -0.4 is 5.32 Å². The summed E-state index contributed by atoms with van der Waals surface area (Å²) >= 11 is 0. The van der Waals surface area contributed by atoms with Crippen molar-refractivity contribution in [3.8, 4) is 0 Å². The number of fused-ring (bicyclic) bond motifs is 1. The fourth-order valence-corrected chi connectivity index (χ4v) is 3.03. The second-order valence-corrected chi connectivity index (χ2v) is 5.91. The largest absolute Gasteiger partial charge is 0.354 e. The van der Waals surface area contributed by atoms with Crippen molar-refractivity contribution in [3.05, 3.63) is 30.5 Å². The van der Waals surface area contributed by atoms with E-state index in [0.717, 1.165) is 35.9 Å². The van der Waals surface area contributed by atoms with Crippen LogP contribution in [0.4, 0.5) is 5.95 Å². The van der Waals surface area contributed by atoms with Crippen LogP contribution in [0.1, 0.15) is 32.6 Å². The first kappa shape index (κ1) is 14.3. The van der Waals surface area contributed by atoms with Gasteiger partial charge < -0.3 is 10.2 Å². The summed E-state index contributed by atoms with van der Waals surface area (Å²) in [6.07, 6.45) is 7.12. The van der Waals surface area contributed by atoms with Gasteiger partial charge in [-0.1, -0.05) is 24.6 Å². The normalized spacial score (nSPS) is 19.8. The number of anilines is 1. The Balaban J connectivity index is 1.48. The Labute approximate surface area is 126 Å². The number of nitrogens with zero attached hydrogens (tertiary/aromatic N) is 3. The first-order valence-corrected chi connectivity index (χ1v) is 8.02. The van der Waals surface area contributed by atoms with Crippen LogP contribution in [0.2, 0.25) is 0 Å². The molecule has 21 heavy (non-hydrogen) atoms. The third-order valence-corrected chi connectivity index (χ3v) is 4.33. The zero-order valence-electron chi connectivity index (χ0n) is 12.8. The van der Waals surface area contributed by atoms with E-state index in [1.165, 1.54) is 32.4 Å². The number of rotatable bonds is 5. The Morgan fingerprint density at radius 1 is 1.29 bits per heavy atom. The van der Waals surface area contributed by atoms with Crippen molar-refractivity contribution in [1.82, 2.24) is 14.9 Å². The smallest absolute Gasteiger partial charge is 0.223 e. The second-order valence-electron chi connectivity index (χ2n) is 5.91. The number of hydrogen-bond acceptors (Lipinski definition) is 4. The lowest BCUT2D eigenvalue weighted by atomic mass is 10.0. The monoisotopic (exact) mass is 284 g/mol. The van der Waals surface area contributed by atoms with E-state index in [1.54, 1.807) is 0 Å². The number of benzene rings is 1. The molecule has 0 bridgehead atoms. The molecule has 2 aromatic rings. The van der Waals surface area contributed by atoms with E-state index in [0.29, 0.717) is 0 Å². The quantitative estimate of drug-likeness (QED) is 0.855. The van der Waals surface area contributed by atoms with Gasteiger partial charge in [-0.3, -0.25) is 0 Å². The Morgan fingerprint density at radius 2 is 2.19 bits per heavy atom. The standard InChI is InChI=1S/C17H24N4/c1-14-7-4-5-11-21(14)12-6-10-18-17-19-13-15-8-2-3-9-16(15)20-17/h2-3,8-9,13-14H,4-7,10-12H2,1H3,(H,18,19,20). The average Bonchev–Trinajstić information content (AvgIpc) is 2.53. The molecule has 1 fully saturated rings. The second kappa shape index (κ2) is 6.85. The highest BCUT2D eigenvalue weighted by Gasteiger charge is 2.16. The van der Waals surface area contributed by atoms with Gasteiger partial charge in [0.25, 0.3) is 0 Å². The number of para-hydroxylation sites is 1. The predicted molar refractivity (Wildman–Crippen MR) is 87.5 cm³/mol. The van der Waals surface area contributed by atoms with Gasteiger partial charge in [-0.05, 0) is 38.8 Å². The van der Waals surface area contributed by atoms with Crippen molar-refractivity contribution in [3.63, 3.8) is 0 Å². The van der Waals surface area contributed by atoms with E-state index >= 15 is 0 Å². The fourth-order valence-electron chi connectivity index (χ4n) is 3.03. The van der Waals surface area contributed by atoms with Crippen molar-refractivity contribution in [2.45, 2.75) is 38.6 Å². The molecule has 1 aromatic heterocycles. The van der Waals surface area contributed by atoms with E-state index in [2.05, 4.69) is 27.1 Å². The summed E-state index contributed by atoms with van der Waals surface area (Å²) in [4.78, 5) is 11.5. The number of piperidine rings is 1. The first-order valence-electron chi connectivity index (χ1n) is 8.02. The van der Waals surface area contributed by atoms with E-state index < -0.39 is 0 Å². The van der Waals surface area contributed by atoms with Crippen molar-refractivity contribution in [2.24, 2.45) is 0 Å². The summed E-state index contributed by atoms with van der Waals surface area (Å²) in [5.74, 6) is 0.736. The molecule has 0 spiro atoms. The van der Waals surface area contributed by atoms with Crippen LogP contribution in [0.25, 0.3) is 10.9 Å². The third-order valence-electron chi connectivity index (χ3n) is 4.33. The average molecular weight is 284 g/mol. The lowest BCUT2D eigenvalue weighted by molar-refractivity contribution is 0.160. The lowest BCUT2D eigenvalue weighted by Gasteiger charge is -2.33. The molecular weight excluding hydrogens is 260 g/mol. The highest BCUT2D eigenvalue weighted by atomic mass is 15.2. The molecule has 1 saturated heterocycles. The lowest BCUT2D eigenvalue weighted by Crippen LogP contribution is -2.38. The molecule has 1 atom stereocenters. The summed E-state index contributed by atoms with van der Waals surface area (Å²) < 4.78 is 0. The molecule has 3 rings (SSSR count). The van der Waals surface area contributed by atoms with E-state index in [9.17, 15) is 0 Å². The molecular formula is C17H24N4. The van der Waals surface area contributed by atoms with Crippen LogP contribution in [0, 0.1) is 0 Å². The molecule has 0 saturated carbocycles. The SMILES string of the molecule is CC1CCCCN1CCCNc1ncc2ccccc2n1. The van der Waals surface area contributed by atoms with E-state index in [-0.39, 0.29) is 0 Å². The molecule has 4 nitrogen and oxygen atoms in total. The fraction of sp³-hybridized carbons (Fsp3) is 0.529. The van der Waals surface area contributed by atoms with Gasteiger partial charge in [0.05, 0.1) is 5.52 Å². The van der Waals surface area contributed by atoms with Gasteiger partial charge in [0.15, 0.2) is 0 Å². The van der Waals surface area contributed by atoms with Crippen LogP contribution in [0.15, 0.2) is 30.5 Å². The highest BCUT2D eigenvalue weighted by Crippen LogP contribution is 2.16. The molecule has 0 radical (unpaired) electrons. The van der Waals surface area contributed by atoms with Crippen molar-refractivity contribution >= 4 is 16.9 Å². The Morgan fingerprint density at radius 3 is 3.10 bits per heavy atom. The summed E-state index contributed by atoms with van der Waals surface area (Å²) in [7, 11) is 0. The molecule has 0 aliphatic carbocycles. The summed E-state index contributed by atoms with van der Waals surface area (Å²) in [6, 6.07) is 8.83. The summed E-state index contributed by atoms with van der Waals surface area (Å²) in [5, 5.41) is 4.43. The molecule has 1 unspecified atom stereocenters. The maximum Gasteiger partial charge on any atom is 0.223 e. The highest BCUT2D eigenvalue weighted by molar-refractivity contribution is 5.78. The molecule has 2 heterocycles. The maximum atomic E-state index is 4.54. The molecule has 0 amide bonds. The minimum atomic E-state index is 0.736. The van der Waals surface area contributed by atoms with Crippen LogP contribution in [0.5, 0.6) is 0 Å². The Hall–Kier alpha value is -1.68. The maximum absolute atomic E-state index is 4.54. The number of likely N-dealkylation sites (tertiary alicyclic amines) is 1. The van der Waals surface area contributed by atoms with Crippen LogP contribution in [-0.4, -0.2) is 40.5 Å². The number of aromatic nitrogens is 2. The molecule has 1 N–H and O–H groups in total. The van der Waals surface area contributed by atoms with Gasteiger partial charge in [0.1, 0.15) is 0 Å². The van der Waals surface area contributed by atoms with E-state index in [4.69, 9.17) is 0 Å². The molecule has 1 aliphatic heterocycles. The predicted octanol–water partition coefficient (Wildman–Crippen LogP) is 3.31. The Kier molecular flexibility index (Phi) is 4.65. The topological polar surface area (TPSA) is 41.0 Å². The Bertz CT molecular complexity index is 584. The molecule has 112 valence electrons. The molecule has 4 heteroatoms. The van der Waals surface area contributed by atoms with Crippen molar-refractivity contribution < 1.29 is 0 Å². The van der Waals surface area contributed by atoms with Crippen LogP contribution in [-0.2, 0) is 0 Å². The first-order chi connectivity index (χ1) is 10.3.